The number of para-hydroxylation sites is 1. The summed E-state index contributed by atoms with van der Waals surface area (Å²) in [6, 6.07) is 13.1. The lowest BCUT2D eigenvalue weighted by molar-refractivity contribution is 0.194. The number of nitrogens with zero attached hydrogens (tertiary/aromatic N) is 5. The molecule has 204 valence electrons. The lowest BCUT2D eigenvalue weighted by atomic mass is 10.0. The summed E-state index contributed by atoms with van der Waals surface area (Å²) in [5.41, 5.74) is 10.5. The summed E-state index contributed by atoms with van der Waals surface area (Å²) in [6.45, 7) is 8.19. The van der Waals surface area contributed by atoms with Crippen LogP contribution < -0.4 is 11.1 Å². The molecule has 0 aliphatic carbocycles. The second-order valence-electron chi connectivity index (χ2n) is 9.51. The topological polar surface area (TPSA) is 211 Å². The van der Waals surface area contributed by atoms with E-state index in [1.54, 1.807) is 6.20 Å². The summed E-state index contributed by atoms with van der Waals surface area (Å²) in [5.74, 6) is 1.42. The van der Waals surface area contributed by atoms with Gasteiger partial charge in [-0.3, -0.25) is 9.97 Å². The Labute approximate surface area is 217 Å². The molecule has 37 heavy (non-hydrogen) atoms. The normalized spacial score (nSPS) is 14.8. The molecule has 5 rings (SSSR count). The Kier molecular flexibility index (Phi) is 12.0. The number of imidazole rings is 1. The largest absolute Gasteiger partial charge is 0.412 e. The van der Waals surface area contributed by atoms with E-state index in [0.29, 0.717) is 18.5 Å². The van der Waals surface area contributed by atoms with Crippen molar-refractivity contribution in [3.05, 3.63) is 60.6 Å². The van der Waals surface area contributed by atoms with Gasteiger partial charge in [0.25, 0.3) is 0 Å². The molecule has 1 atom stereocenters. The van der Waals surface area contributed by atoms with Crippen LogP contribution in [0.5, 0.6) is 0 Å². The third-order valence-electron chi connectivity index (χ3n) is 6.84. The molecule has 3 aromatic heterocycles. The molecule has 11 heteroatoms. The zero-order valence-corrected chi connectivity index (χ0v) is 21.5. The summed E-state index contributed by atoms with van der Waals surface area (Å²) >= 11 is 0. The maximum atomic E-state index is 6.30. The van der Waals surface area contributed by atoms with Crippen LogP contribution >= 0.6 is 0 Å². The number of hydrogen-bond acceptors (Lipinski definition) is 6. The third kappa shape index (κ3) is 6.98. The average Bonchev–Trinajstić information content (AvgIpc) is 3.17. The number of anilines is 1. The summed E-state index contributed by atoms with van der Waals surface area (Å²) in [4.78, 5) is 16.4. The number of rotatable bonds is 7. The highest BCUT2D eigenvalue weighted by atomic mass is 16.0. The van der Waals surface area contributed by atoms with E-state index in [1.165, 1.54) is 5.56 Å². The Bertz CT molecular complexity index is 1240. The SMILES string of the molecule is CC(C)C(N)CN1CCC(Nc2nc3ccncc3n2Cc2cccc3cccnc23)CC1.O.O.O.O. The van der Waals surface area contributed by atoms with Crippen LogP contribution in [0.1, 0.15) is 32.3 Å². The molecule has 11 N–H and O–H groups in total. The Morgan fingerprint density at radius 1 is 1.00 bits per heavy atom. The second-order valence-corrected chi connectivity index (χ2v) is 9.51. The summed E-state index contributed by atoms with van der Waals surface area (Å²) in [5, 5.41) is 4.90. The number of piperidine rings is 1. The van der Waals surface area contributed by atoms with Crippen LogP contribution in [-0.4, -0.2) is 78.0 Å². The highest BCUT2D eigenvalue weighted by molar-refractivity contribution is 5.82. The number of benzene rings is 1. The molecule has 1 aliphatic rings. The van der Waals surface area contributed by atoms with Crippen molar-refractivity contribution < 1.29 is 21.9 Å². The van der Waals surface area contributed by atoms with E-state index in [-0.39, 0.29) is 27.9 Å². The average molecular weight is 516 g/mol. The maximum absolute atomic E-state index is 6.30. The Balaban J connectivity index is 0.00000171. The van der Waals surface area contributed by atoms with E-state index in [4.69, 9.17) is 10.7 Å². The van der Waals surface area contributed by atoms with Gasteiger partial charge < -0.3 is 42.4 Å². The summed E-state index contributed by atoms with van der Waals surface area (Å²) < 4.78 is 2.24. The van der Waals surface area contributed by atoms with Crippen molar-refractivity contribution >= 4 is 27.9 Å². The van der Waals surface area contributed by atoms with Crippen LogP contribution in [0.25, 0.3) is 21.9 Å². The molecule has 1 aromatic carbocycles. The van der Waals surface area contributed by atoms with Gasteiger partial charge in [0, 0.05) is 49.5 Å². The van der Waals surface area contributed by atoms with Crippen LogP contribution in [-0.2, 0) is 6.54 Å². The first-order valence-corrected chi connectivity index (χ1v) is 12.0. The van der Waals surface area contributed by atoms with Crippen molar-refractivity contribution in [2.24, 2.45) is 11.7 Å². The number of likely N-dealkylation sites (tertiary alicyclic amines) is 1. The molecule has 0 radical (unpaired) electrons. The van der Waals surface area contributed by atoms with Crippen molar-refractivity contribution in [2.45, 2.75) is 45.3 Å². The van der Waals surface area contributed by atoms with E-state index in [0.717, 1.165) is 60.4 Å². The summed E-state index contributed by atoms with van der Waals surface area (Å²) in [6.07, 6.45) is 7.74. The molecule has 0 spiro atoms. The monoisotopic (exact) mass is 515 g/mol. The minimum absolute atomic E-state index is 0. The smallest absolute Gasteiger partial charge is 0.204 e. The number of aromatic nitrogens is 4. The van der Waals surface area contributed by atoms with E-state index in [2.05, 4.69) is 62.9 Å². The lowest BCUT2D eigenvalue weighted by Gasteiger charge is -2.34. The Morgan fingerprint density at radius 2 is 1.73 bits per heavy atom. The number of pyridine rings is 2. The molecule has 0 bridgehead atoms. The van der Waals surface area contributed by atoms with Crippen molar-refractivity contribution in [3.8, 4) is 0 Å². The molecule has 11 nitrogen and oxygen atoms in total. The van der Waals surface area contributed by atoms with Crippen molar-refractivity contribution in [3.63, 3.8) is 0 Å². The second kappa shape index (κ2) is 13.9. The van der Waals surface area contributed by atoms with E-state index in [9.17, 15) is 0 Å². The van der Waals surface area contributed by atoms with Crippen molar-refractivity contribution in [1.82, 2.24) is 24.4 Å². The number of hydrogen-bond donors (Lipinski definition) is 2. The predicted molar refractivity (Wildman–Crippen MR) is 149 cm³/mol. The molecular weight excluding hydrogens is 474 g/mol. The molecule has 1 fully saturated rings. The van der Waals surface area contributed by atoms with Crippen LogP contribution in [0, 0.1) is 5.92 Å². The van der Waals surface area contributed by atoms with Gasteiger partial charge >= 0.3 is 0 Å². The minimum atomic E-state index is 0. The Morgan fingerprint density at radius 3 is 2.46 bits per heavy atom. The number of nitrogens with one attached hydrogen (secondary N) is 1. The fraction of sp³-hybridized carbons (Fsp3) is 0.423. The maximum Gasteiger partial charge on any atom is 0.204 e. The number of nitrogens with two attached hydrogens (primary N) is 1. The zero-order valence-electron chi connectivity index (χ0n) is 21.5. The van der Waals surface area contributed by atoms with Gasteiger partial charge in [0.05, 0.1) is 29.3 Å². The quantitative estimate of drug-likeness (QED) is 0.359. The molecule has 4 aromatic rings. The van der Waals surface area contributed by atoms with Gasteiger partial charge in [-0.05, 0) is 36.5 Å². The van der Waals surface area contributed by atoms with Crippen molar-refractivity contribution in [2.75, 3.05) is 25.0 Å². The molecule has 0 amide bonds. The van der Waals surface area contributed by atoms with Gasteiger partial charge in [-0.1, -0.05) is 38.1 Å². The highest BCUT2D eigenvalue weighted by Crippen LogP contribution is 2.25. The number of fused-ring (bicyclic) bond motifs is 2. The van der Waals surface area contributed by atoms with E-state index >= 15 is 0 Å². The van der Waals surface area contributed by atoms with Gasteiger partial charge in [0.1, 0.15) is 0 Å². The lowest BCUT2D eigenvalue weighted by Crippen LogP contribution is -2.46. The minimum Gasteiger partial charge on any atom is -0.412 e. The third-order valence-corrected chi connectivity index (χ3v) is 6.84. The fourth-order valence-corrected chi connectivity index (χ4v) is 4.66. The molecule has 4 heterocycles. The zero-order chi connectivity index (χ0) is 22.8. The molecule has 1 saturated heterocycles. The van der Waals surface area contributed by atoms with Gasteiger partial charge in [-0.2, -0.15) is 0 Å². The van der Waals surface area contributed by atoms with Crippen LogP contribution in [0.15, 0.2) is 55.0 Å². The molecule has 1 aliphatic heterocycles. The van der Waals surface area contributed by atoms with Gasteiger partial charge in [0.15, 0.2) is 0 Å². The first-order chi connectivity index (χ1) is 16.1. The Hall–Kier alpha value is -3.19. The van der Waals surface area contributed by atoms with Gasteiger partial charge in [0.2, 0.25) is 5.95 Å². The standard InChI is InChI=1S/C26H33N7.4H2O/c1-18(2)22(27)17-32-13-9-21(10-14-32)30-26-31-23-8-12-28-15-24(23)33(26)16-20-6-3-5-19-7-4-11-29-25(19)20;;;;/h3-8,11-12,15,18,21-22H,9-10,13-14,16-17,27H2,1-2H3,(H,30,31);4*1H2. The van der Waals surface area contributed by atoms with E-state index in [1.807, 2.05) is 24.5 Å². The molecule has 1 unspecified atom stereocenters. The first-order valence-electron chi connectivity index (χ1n) is 12.0. The fourth-order valence-electron chi connectivity index (χ4n) is 4.66. The molecular formula is C26H41N7O4. The predicted octanol–water partition coefficient (Wildman–Crippen LogP) is 0.589. The van der Waals surface area contributed by atoms with Gasteiger partial charge in [-0.15, -0.1) is 0 Å². The first kappa shape index (κ1) is 31.8. The summed E-state index contributed by atoms with van der Waals surface area (Å²) in [7, 11) is 0. The van der Waals surface area contributed by atoms with Gasteiger partial charge in [-0.25, -0.2) is 4.98 Å². The molecule has 0 saturated carbocycles. The van der Waals surface area contributed by atoms with Crippen LogP contribution in [0.4, 0.5) is 5.95 Å². The van der Waals surface area contributed by atoms with Crippen LogP contribution in [0.3, 0.4) is 0 Å². The van der Waals surface area contributed by atoms with Crippen LogP contribution in [0.2, 0.25) is 0 Å². The highest BCUT2D eigenvalue weighted by Gasteiger charge is 2.23. The van der Waals surface area contributed by atoms with E-state index < -0.39 is 0 Å². The van der Waals surface area contributed by atoms with Crippen molar-refractivity contribution in [1.29, 1.82) is 0 Å².